The molecule has 1 fully saturated rings. The van der Waals surface area contributed by atoms with Crippen LogP contribution in [0.3, 0.4) is 0 Å². The lowest BCUT2D eigenvalue weighted by molar-refractivity contribution is 0.0919. The molecule has 0 heterocycles. The number of rotatable bonds is 2. The molecule has 1 aromatic rings. The molecule has 1 N–H and O–H groups in total. The molecule has 2 rings (SSSR count). The lowest BCUT2D eigenvalue weighted by atomic mass is 9.87. The zero-order valence-corrected chi connectivity index (χ0v) is 10.1. The average molecular weight is 235 g/mol. The van der Waals surface area contributed by atoms with Crippen LogP contribution in [0.2, 0.25) is 0 Å². The van der Waals surface area contributed by atoms with Crippen LogP contribution in [0, 0.1) is 11.7 Å². The lowest BCUT2D eigenvalue weighted by Crippen LogP contribution is -2.37. The fourth-order valence-corrected chi connectivity index (χ4v) is 2.31. The third kappa shape index (κ3) is 3.05. The maximum Gasteiger partial charge on any atom is 0.254 e. The summed E-state index contributed by atoms with van der Waals surface area (Å²) in [5, 5.41) is 2.92. The van der Waals surface area contributed by atoms with Gasteiger partial charge in [0.15, 0.2) is 0 Å². The van der Waals surface area contributed by atoms with Gasteiger partial charge < -0.3 is 5.32 Å². The van der Waals surface area contributed by atoms with Crippen LogP contribution in [-0.4, -0.2) is 11.9 Å². The Balaban J connectivity index is 1.96. The topological polar surface area (TPSA) is 29.1 Å². The summed E-state index contributed by atoms with van der Waals surface area (Å²) in [6.45, 7) is 2.23. The first-order chi connectivity index (χ1) is 8.16. The molecule has 1 amide bonds. The minimum absolute atomic E-state index is 0.145. The number of hydrogen-bond donors (Lipinski definition) is 1. The van der Waals surface area contributed by atoms with Gasteiger partial charge in [0.05, 0.1) is 5.56 Å². The zero-order chi connectivity index (χ0) is 12.3. The van der Waals surface area contributed by atoms with Gasteiger partial charge in [-0.1, -0.05) is 19.1 Å². The fourth-order valence-electron chi connectivity index (χ4n) is 2.31. The smallest absolute Gasteiger partial charge is 0.254 e. The Kier molecular flexibility index (Phi) is 3.77. The number of hydrogen-bond acceptors (Lipinski definition) is 1. The first-order valence-corrected chi connectivity index (χ1v) is 6.22. The predicted octanol–water partition coefficient (Wildman–Crippen LogP) is 3.13. The van der Waals surface area contributed by atoms with Crippen molar-refractivity contribution in [1.82, 2.24) is 5.32 Å². The number of amides is 1. The van der Waals surface area contributed by atoms with E-state index >= 15 is 0 Å². The molecule has 1 aliphatic rings. The molecule has 0 atom stereocenters. The molecular weight excluding hydrogens is 217 g/mol. The van der Waals surface area contributed by atoms with Gasteiger partial charge in [0.25, 0.3) is 5.91 Å². The Bertz CT molecular complexity index is 397. The average Bonchev–Trinajstić information content (AvgIpc) is 2.32. The third-order valence-corrected chi connectivity index (χ3v) is 3.47. The van der Waals surface area contributed by atoms with Crippen molar-refractivity contribution in [3.63, 3.8) is 0 Å². The summed E-state index contributed by atoms with van der Waals surface area (Å²) in [5.74, 6) is 0.00782. The first kappa shape index (κ1) is 12.1. The minimum atomic E-state index is -0.450. The zero-order valence-electron chi connectivity index (χ0n) is 10.1. The fraction of sp³-hybridized carbons (Fsp3) is 0.500. The third-order valence-electron chi connectivity index (χ3n) is 3.47. The number of nitrogens with one attached hydrogen (secondary N) is 1. The summed E-state index contributed by atoms with van der Waals surface area (Å²) < 4.78 is 13.4. The highest BCUT2D eigenvalue weighted by atomic mass is 19.1. The molecule has 92 valence electrons. The van der Waals surface area contributed by atoms with E-state index in [4.69, 9.17) is 0 Å². The van der Waals surface area contributed by atoms with Gasteiger partial charge in [-0.05, 0) is 43.7 Å². The van der Waals surface area contributed by atoms with E-state index < -0.39 is 5.82 Å². The number of benzene rings is 1. The van der Waals surface area contributed by atoms with Gasteiger partial charge in [-0.3, -0.25) is 4.79 Å². The Morgan fingerprint density at radius 3 is 2.53 bits per heavy atom. The van der Waals surface area contributed by atoms with E-state index in [1.54, 1.807) is 12.1 Å². The summed E-state index contributed by atoms with van der Waals surface area (Å²) in [4.78, 5) is 11.9. The second kappa shape index (κ2) is 5.30. The van der Waals surface area contributed by atoms with Gasteiger partial charge in [-0.15, -0.1) is 0 Å². The molecular formula is C14H18FNO. The second-order valence-electron chi connectivity index (χ2n) is 4.91. The van der Waals surface area contributed by atoms with Crippen molar-refractivity contribution >= 4 is 5.91 Å². The first-order valence-electron chi connectivity index (χ1n) is 6.22. The Hall–Kier alpha value is -1.38. The largest absolute Gasteiger partial charge is 0.349 e. The molecule has 0 unspecified atom stereocenters. The number of carbonyl (C=O) groups is 1. The molecule has 0 spiro atoms. The van der Waals surface area contributed by atoms with Crippen molar-refractivity contribution in [1.29, 1.82) is 0 Å². The van der Waals surface area contributed by atoms with Crippen molar-refractivity contribution in [2.75, 3.05) is 0 Å². The summed E-state index contributed by atoms with van der Waals surface area (Å²) in [6.07, 6.45) is 4.28. The molecule has 2 nitrogen and oxygen atoms in total. The number of halogens is 1. The van der Waals surface area contributed by atoms with Crippen LogP contribution in [0.25, 0.3) is 0 Å². The predicted molar refractivity (Wildman–Crippen MR) is 65.3 cm³/mol. The van der Waals surface area contributed by atoms with Crippen molar-refractivity contribution in [2.45, 2.75) is 38.6 Å². The van der Waals surface area contributed by atoms with Crippen LogP contribution in [0.1, 0.15) is 43.0 Å². The SMILES string of the molecule is CC1CCC(NC(=O)c2ccccc2F)CC1. The molecule has 0 aliphatic heterocycles. The van der Waals surface area contributed by atoms with Crippen molar-refractivity contribution < 1.29 is 9.18 Å². The maximum absolute atomic E-state index is 13.4. The molecule has 1 aromatic carbocycles. The van der Waals surface area contributed by atoms with Gasteiger partial charge in [-0.25, -0.2) is 4.39 Å². The summed E-state index contributed by atoms with van der Waals surface area (Å²) >= 11 is 0. The van der Waals surface area contributed by atoms with E-state index in [0.29, 0.717) is 0 Å². The standard InChI is InChI=1S/C14H18FNO/c1-10-6-8-11(9-7-10)16-14(17)12-4-2-3-5-13(12)15/h2-5,10-11H,6-9H2,1H3,(H,16,17). The van der Waals surface area contributed by atoms with E-state index in [1.165, 1.54) is 12.1 Å². The van der Waals surface area contributed by atoms with Gasteiger partial charge in [0.1, 0.15) is 5.82 Å². The van der Waals surface area contributed by atoms with Crippen LogP contribution >= 0.6 is 0 Å². The molecule has 3 heteroatoms. The van der Waals surface area contributed by atoms with Crippen molar-refractivity contribution in [2.24, 2.45) is 5.92 Å². The van der Waals surface area contributed by atoms with Crippen LogP contribution in [0.15, 0.2) is 24.3 Å². The summed E-state index contributed by atoms with van der Waals surface area (Å²) in [5.41, 5.74) is 0.145. The van der Waals surface area contributed by atoms with Crippen LogP contribution in [-0.2, 0) is 0 Å². The molecule has 0 saturated heterocycles. The molecule has 0 bridgehead atoms. The van der Waals surface area contributed by atoms with Crippen LogP contribution in [0.4, 0.5) is 4.39 Å². The molecule has 0 radical (unpaired) electrons. The second-order valence-corrected chi connectivity index (χ2v) is 4.91. The number of carbonyl (C=O) groups excluding carboxylic acids is 1. The van der Waals surface area contributed by atoms with E-state index in [-0.39, 0.29) is 17.5 Å². The van der Waals surface area contributed by atoms with Crippen molar-refractivity contribution in [3.05, 3.63) is 35.6 Å². The van der Waals surface area contributed by atoms with Crippen molar-refractivity contribution in [3.8, 4) is 0 Å². The van der Waals surface area contributed by atoms with Gasteiger partial charge in [0, 0.05) is 6.04 Å². The van der Waals surface area contributed by atoms with E-state index in [9.17, 15) is 9.18 Å². The molecule has 0 aromatic heterocycles. The quantitative estimate of drug-likeness (QED) is 0.838. The highest BCUT2D eigenvalue weighted by Gasteiger charge is 2.21. The Morgan fingerprint density at radius 1 is 1.24 bits per heavy atom. The lowest BCUT2D eigenvalue weighted by Gasteiger charge is -2.26. The molecule has 1 aliphatic carbocycles. The molecule has 1 saturated carbocycles. The summed E-state index contributed by atoms with van der Waals surface area (Å²) in [7, 11) is 0. The monoisotopic (exact) mass is 235 g/mol. The van der Waals surface area contributed by atoms with Gasteiger partial charge in [-0.2, -0.15) is 0 Å². The van der Waals surface area contributed by atoms with E-state index in [1.807, 2.05) is 0 Å². The summed E-state index contributed by atoms with van der Waals surface area (Å²) in [6, 6.07) is 6.32. The van der Waals surface area contributed by atoms with Gasteiger partial charge >= 0.3 is 0 Å². The Morgan fingerprint density at radius 2 is 1.88 bits per heavy atom. The Labute approximate surface area is 101 Å². The van der Waals surface area contributed by atoms with Crippen LogP contribution < -0.4 is 5.32 Å². The maximum atomic E-state index is 13.4. The highest BCUT2D eigenvalue weighted by molar-refractivity contribution is 5.94. The normalized spacial score (nSPS) is 24.4. The molecule has 17 heavy (non-hydrogen) atoms. The van der Waals surface area contributed by atoms with E-state index in [0.717, 1.165) is 31.6 Å². The highest BCUT2D eigenvalue weighted by Crippen LogP contribution is 2.23. The van der Waals surface area contributed by atoms with Crippen LogP contribution in [0.5, 0.6) is 0 Å². The van der Waals surface area contributed by atoms with E-state index in [2.05, 4.69) is 12.2 Å². The minimum Gasteiger partial charge on any atom is -0.349 e. The van der Waals surface area contributed by atoms with Gasteiger partial charge in [0.2, 0.25) is 0 Å².